The van der Waals surface area contributed by atoms with Crippen LogP contribution in [0.1, 0.15) is 232 Å². The molecule has 0 saturated carbocycles. The number of carbonyl (C=O) groups excluding carboxylic acids is 1. The number of amides is 1. The topological polar surface area (TPSA) is 69.1 Å². The third kappa shape index (κ3) is 48.3. The Morgan fingerprint density at radius 1 is 0.395 bits per heavy atom. The Morgan fingerprint density at radius 2 is 0.651 bits per heavy atom. The largest absolute Gasteiger partial charge is 0.370 e. The fourth-order valence-corrected chi connectivity index (χ4v) is 5.77. The zero-order valence-corrected chi connectivity index (χ0v) is 30.0. The number of hydrogen-bond acceptors (Lipinski definition) is 2. The lowest BCUT2D eigenvalue weighted by Crippen LogP contribution is -2.09. The van der Waals surface area contributed by atoms with E-state index in [4.69, 9.17) is 11.5 Å². The SMILES string of the molecule is CCCCCCCC/C=C\CCCCCCCCCCCCN.CCCCCCCCCCCCCCCCCC(N)=O. The monoisotopic (exact) mass is 607 g/mol. The molecule has 0 fully saturated rings. The summed E-state index contributed by atoms with van der Waals surface area (Å²) in [7, 11) is 0. The summed E-state index contributed by atoms with van der Waals surface area (Å²) >= 11 is 0. The number of nitrogens with two attached hydrogens (primary N) is 2. The van der Waals surface area contributed by atoms with E-state index in [1.54, 1.807) is 0 Å². The lowest BCUT2D eigenvalue weighted by molar-refractivity contribution is -0.118. The predicted molar refractivity (Wildman–Crippen MR) is 196 cm³/mol. The summed E-state index contributed by atoms with van der Waals surface area (Å²) in [5.41, 5.74) is 10.6. The Balaban J connectivity index is 0. The summed E-state index contributed by atoms with van der Waals surface area (Å²) in [6, 6.07) is 0. The van der Waals surface area contributed by atoms with Crippen LogP contribution in [-0.4, -0.2) is 12.5 Å². The average Bonchev–Trinajstić information content (AvgIpc) is 3.00. The Bertz CT molecular complexity index is 519. The minimum Gasteiger partial charge on any atom is -0.370 e. The van der Waals surface area contributed by atoms with Crippen molar-refractivity contribution in [2.45, 2.75) is 232 Å². The predicted octanol–water partition coefficient (Wildman–Crippen LogP) is 13.3. The van der Waals surface area contributed by atoms with Crippen molar-refractivity contribution >= 4 is 5.91 Å². The van der Waals surface area contributed by atoms with Crippen LogP contribution >= 0.6 is 0 Å². The molecule has 0 unspecified atom stereocenters. The van der Waals surface area contributed by atoms with E-state index >= 15 is 0 Å². The second-order valence-electron chi connectivity index (χ2n) is 13.3. The van der Waals surface area contributed by atoms with Gasteiger partial charge in [0.05, 0.1) is 0 Å². The maximum atomic E-state index is 10.6. The van der Waals surface area contributed by atoms with Crippen molar-refractivity contribution in [2.24, 2.45) is 11.5 Å². The molecular formula is C40H82N2O. The van der Waals surface area contributed by atoms with Crippen LogP contribution < -0.4 is 11.5 Å². The summed E-state index contributed by atoms with van der Waals surface area (Å²) in [6.45, 7) is 5.43. The molecule has 1 amide bonds. The third-order valence-corrected chi connectivity index (χ3v) is 8.74. The zero-order valence-electron chi connectivity index (χ0n) is 30.0. The highest BCUT2D eigenvalue weighted by Gasteiger charge is 1.96. The van der Waals surface area contributed by atoms with Crippen LogP contribution in [0.5, 0.6) is 0 Å². The van der Waals surface area contributed by atoms with Crippen molar-refractivity contribution in [2.75, 3.05) is 6.54 Å². The Morgan fingerprint density at radius 3 is 0.930 bits per heavy atom. The van der Waals surface area contributed by atoms with Crippen LogP contribution in [0.2, 0.25) is 0 Å². The van der Waals surface area contributed by atoms with Crippen LogP contribution in [0.15, 0.2) is 12.2 Å². The van der Waals surface area contributed by atoms with E-state index in [0.29, 0.717) is 6.42 Å². The van der Waals surface area contributed by atoms with Gasteiger partial charge in [-0.3, -0.25) is 4.79 Å². The van der Waals surface area contributed by atoms with E-state index in [9.17, 15) is 4.79 Å². The van der Waals surface area contributed by atoms with Crippen LogP contribution in [0, 0.1) is 0 Å². The van der Waals surface area contributed by atoms with E-state index in [2.05, 4.69) is 26.0 Å². The maximum Gasteiger partial charge on any atom is 0.217 e. The van der Waals surface area contributed by atoms with Crippen molar-refractivity contribution in [1.29, 1.82) is 0 Å². The van der Waals surface area contributed by atoms with Crippen LogP contribution in [0.25, 0.3) is 0 Å². The number of unbranched alkanes of at least 4 members (excludes halogenated alkanes) is 30. The van der Waals surface area contributed by atoms with Gasteiger partial charge in [0.2, 0.25) is 5.91 Å². The first-order valence-electron chi connectivity index (χ1n) is 19.8. The van der Waals surface area contributed by atoms with E-state index in [0.717, 1.165) is 13.0 Å². The van der Waals surface area contributed by atoms with Gasteiger partial charge in [-0.15, -0.1) is 0 Å². The second-order valence-corrected chi connectivity index (χ2v) is 13.3. The Hall–Kier alpha value is -0.830. The van der Waals surface area contributed by atoms with E-state index in [1.165, 1.54) is 205 Å². The fourth-order valence-electron chi connectivity index (χ4n) is 5.77. The highest BCUT2D eigenvalue weighted by molar-refractivity contribution is 5.73. The van der Waals surface area contributed by atoms with Crippen LogP contribution in [0.3, 0.4) is 0 Å². The van der Waals surface area contributed by atoms with Crippen molar-refractivity contribution < 1.29 is 4.79 Å². The molecule has 0 atom stereocenters. The fraction of sp³-hybridized carbons (Fsp3) is 0.925. The first-order valence-corrected chi connectivity index (χ1v) is 19.8. The molecule has 0 rings (SSSR count). The van der Waals surface area contributed by atoms with Crippen molar-refractivity contribution in [3.8, 4) is 0 Å². The van der Waals surface area contributed by atoms with Gasteiger partial charge in [0, 0.05) is 6.42 Å². The molecule has 0 bridgehead atoms. The molecular weight excluding hydrogens is 524 g/mol. The summed E-state index contributed by atoms with van der Waals surface area (Å²) < 4.78 is 0. The molecule has 3 heteroatoms. The van der Waals surface area contributed by atoms with Crippen LogP contribution in [-0.2, 0) is 4.79 Å². The van der Waals surface area contributed by atoms with Gasteiger partial charge in [-0.2, -0.15) is 0 Å². The third-order valence-electron chi connectivity index (χ3n) is 8.74. The number of allylic oxidation sites excluding steroid dienone is 2. The van der Waals surface area contributed by atoms with Crippen molar-refractivity contribution in [3.63, 3.8) is 0 Å². The molecule has 0 aromatic heterocycles. The number of rotatable bonds is 35. The highest BCUT2D eigenvalue weighted by atomic mass is 16.1. The molecule has 258 valence electrons. The molecule has 0 radical (unpaired) electrons. The number of hydrogen-bond donors (Lipinski definition) is 2. The number of carbonyl (C=O) groups is 1. The molecule has 0 spiro atoms. The van der Waals surface area contributed by atoms with Crippen LogP contribution in [0.4, 0.5) is 0 Å². The van der Waals surface area contributed by atoms with Gasteiger partial charge < -0.3 is 11.5 Å². The highest BCUT2D eigenvalue weighted by Crippen LogP contribution is 2.14. The second kappa shape index (κ2) is 43.3. The first-order chi connectivity index (χ1) is 21.2. The minimum absolute atomic E-state index is 0.153. The van der Waals surface area contributed by atoms with Gasteiger partial charge in [-0.1, -0.05) is 199 Å². The summed E-state index contributed by atoms with van der Waals surface area (Å²) in [4.78, 5) is 10.6. The van der Waals surface area contributed by atoms with E-state index < -0.39 is 0 Å². The average molecular weight is 607 g/mol. The van der Waals surface area contributed by atoms with E-state index in [1.807, 2.05) is 0 Å². The smallest absolute Gasteiger partial charge is 0.217 e. The maximum absolute atomic E-state index is 10.6. The summed E-state index contributed by atoms with van der Waals surface area (Å²) in [5, 5.41) is 0. The lowest BCUT2D eigenvalue weighted by atomic mass is 10.0. The summed E-state index contributed by atoms with van der Waals surface area (Å²) in [5.74, 6) is -0.153. The quantitative estimate of drug-likeness (QED) is 0.0556. The normalized spacial score (nSPS) is 11.2. The van der Waals surface area contributed by atoms with Gasteiger partial charge >= 0.3 is 0 Å². The van der Waals surface area contributed by atoms with Crippen molar-refractivity contribution in [1.82, 2.24) is 0 Å². The molecule has 0 aromatic rings. The zero-order chi connectivity index (χ0) is 31.7. The molecule has 0 saturated heterocycles. The lowest BCUT2D eigenvalue weighted by Gasteiger charge is -2.03. The first kappa shape index (κ1) is 44.3. The van der Waals surface area contributed by atoms with Gasteiger partial charge in [0.25, 0.3) is 0 Å². The standard InChI is InChI=1S/C22H45N.C18H37NO/c1-2-3-4-5-6-7-8-9-10-11-12-13-14-15-16-17-18-19-20-21-22-23;1-2-3-4-5-6-7-8-9-10-11-12-13-14-15-16-17-18(19)20/h9-10H,2-8,11-23H2,1H3;2-17H2,1H3,(H2,19,20)/b10-9-;. The van der Waals surface area contributed by atoms with E-state index in [-0.39, 0.29) is 5.91 Å². The molecule has 0 aliphatic heterocycles. The molecule has 4 N–H and O–H groups in total. The summed E-state index contributed by atoms with van der Waals surface area (Å²) in [6.07, 6.45) is 50.7. The number of primary amides is 1. The molecule has 0 heterocycles. The molecule has 0 aliphatic carbocycles. The molecule has 43 heavy (non-hydrogen) atoms. The Kier molecular flexibility index (Phi) is 44.6. The minimum atomic E-state index is -0.153. The molecule has 3 nitrogen and oxygen atoms in total. The molecule has 0 aliphatic rings. The van der Waals surface area contributed by atoms with Gasteiger partial charge in [0.1, 0.15) is 0 Å². The van der Waals surface area contributed by atoms with Gasteiger partial charge in [-0.05, 0) is 45.1 Å². The van der Waals surface area contributed by atoms with Gasteiger partial charge in [0.15, 0.2) is 0 Å². The molecule has 0 aromatic carbocycles. The van der Waals surface area contributed by atoms with Crippen molar-refractivity contribution in [3.05, 3.63) is 12.2 Å². The van der Waals surface area contributed by atoms with Gasteiger partial charge in [-0.25, -0.2) is 0 Å². The Labute approximate surface area is 272 Å².